The van der Waals surface area contributed by atoms with Gasteiger partial charge in [0.1, 0.15) is 0 Å². The fourth-order valence-corrected chi connectivity index (χ4v) is 8.27. The number of carbonyl (C=O) groups is 3. The van der Waals surface area contributed by atoms with E-state index < -0.39 is 5.60 Å². The van der Waals surface area contributed by atoms with Crippen molar-refractivity contribution in [3.8, 4) is 0 Å². The minimum atomic E-state index is -0.457. The summed E-state index contributed by atoms with van der Waals surface area (Å²) in [5.74, 6) is 0.262. The molecule has 3 saturated heterocycles. The number of amides is 4. The van der Waals surface area contributed by atoms with Crippen LogP contribution in [0.15, 0.2) is 36.4 Å². The summed E-state index contributed by atoms with van der Waals surface area (Å²) in [5, 5.41) is 13.5. The molecule has 4 amide bonds. The normalized spacial score (nSPS) is 20.7. The van der Waals surface area contributed by atoms with E-state index in [0.29, 0.717) is 25.7 Å². The highest BCUT2D eigenvalue weighted by molar-refractivity contribution is 5.91. The number of nitrogens with one attached hydrogen (secondary N) is 1. The van der Waals surface area contributed by atoms with E-state index in [1.807, 2.05) is 43.9 Å². The summed E-state index contributed by atoms with van der Waals surface area (Å²) in [6, 6.07) is 12.8. The number of ether oxygens (including phenoxy) is 1. The van der Waals surface area contributed by atoms with Crippen LogP contribution in [0.2, 0.25) is 0 Å². The molecule has 3 fully saturated rings. The van der Waals surface area contributed by atoms with Gasteiger partial charge in [0.25, 0.3) is 0 Å². The zero-order chi connectivity index (χ0) is 36.7. The molecule has 6 rings (SSSR count). The average Bonchev–Trinajstić information content (AvgIpc) is 3.32. The molecule has 4 aliphatic heterocycles. The Hall–Kier alpha value is -3.83. The monoisotopic (exact) mass is 704 g/mol. The number of hydrogen-bond acceptors (Lipinski definition) is 7. The zero-order valence-corrected chi connectivity index (χ0v) is 31.5. The molecule has 280 valence electrons. The molecule has 2 aromatic carbocycles. The number of aliphatic hydroxyl groups is 1. The summed E-state index contributed by atoms with van der Waals surface area (Å²) in [5.41, 5.74) is 11.9. The van der Waals surface area contributed by atoms with Crippen LogP contribution in [0.4, 0.5) is 21.0 Å². The van der Waals surface area contributed by atoms with Gasteiger partial charge in [0.05, 0.1) is 12.7 Å². The number of anilines is 2. The maximum absolute atomic E-state index is 13.0. The van der Waals surface area contributed by atoms with Crippen molar-refractivity contribution in [2.45, 2.75) is 103 Å². The maximum Gasteiger partial charge on any atom is 0.409 e. The van der Waals surface area contributed by atoms with E-state index in [2.05, 4.69) is 40.2 Å². The molecule has 0 aliphatic carbocycles. The van der Waals surface area contributed by atoms with Gasteiger partial charge in [0.15, 0.2) is 0 Å². The molecule has 11 nitrogen and oxygen atoms in total. The summed E-state index contributed by atoms with van der Waals surface area (Å²) in [7, 11) is 1.40. The molecule has 4 aliphatic rings. The van der Waals surface area contributed by atoms with Crippen molar-refractivity contribution < 1.29 is 24.2 Å². The molecular formula is C40H60N6O5. The summed E-state index contributed by atoms with van der Waals surface area (Å²) in [6.07, 6.45) is 7.60. The van der Waals surface area contributed by atoms with E-state index in [-0.39, 0.29) is 30.0 Å². The number of nitrogens with two attached hydrogens (primary N) is 1. The van der Waals surface area contributed by atoms with Crippen LogP contribution in [0.5, 0.6) is 0 Å². The topological polar surface area (TPSA) is 132 Å². The first kappa shape index (κ1) is 38.4. The van der Waals surface area contributed by atoms with Gasteiger partial charge in [-0.15, -0.1) is 0 Å². The third-order valence-electron chi connectivity index (χ3n) is 11.8. The Morgan fingerprint density at radius 3 is 2.14 bits per heavy atom. The van der Waals surface area contributed by atoms with Crippen LogP contribution in [0, 0.1) is 19.8 Å². The Balaban J connectivity index is 0.000000205. The highest BCUT2D eigenvalue weighted by atomic mass is 16.5. The van der Waals surface area contributed by atoms with Crippen LogP contribution in [0.3, 0.4) is 0 Å². The molecule has 0 bridgehead atoms. The van der Waals surface area contributed by atoms with E-state index in [4.69, 9.17) is 10.5 Å². The molecule has 1 atom stereocenters. The number of fused-ring (bicyclic) bond motifs is 1. The summed E-state index contributed by atoms with van der Waals surface area (Å²) >= 11 is 0. The van der Waals surface area contributed by atoms with Gasteiger partial charge >= 0.3 is 12.1 Å². The number of benzene rings is 2. The highest BCUT2D eigenvalue weighted by Gasteiger charge is 2.35. The Bertz CT molecular complexity index is 1490. The lowest BCUT2D eigenvalue weighted by molar-refractivity contribution is -0.136. The van der Waals surface area contributed by atoms with Crippen molar-refractivity contribution in [3.05, 3.63) is 58.7 Å². The molecule has 11 heteroatoms. The lowest BCUT2D eigenvalue weighted by atomic mass is 9.87. The maximum atomic E-state index is 13.0. The Morgan fingerprint density at radius 2 is 1.53 bits per heavy atom. The second kappa shape index (κ2) is 17.1. The minimum Gasteiger partial charge on any atom is -0.453 e. The smallest absolute Gasteiger partial charge is 0.409 e. The van der Waals surface area contributed by atoms with Crippen LogP contribution in [0.1, 0.15) is 81.0 Å². The molecule has 51 heavy (non-hydrogen) atoms. The zero-order valence-electron chi connectivity index (χ0n) is 31.5. The van der Waals surface area contributed by atoms with Crippen LogP contribution in [0.25, 0.3) is 0 Å². The lowest BCUT2D eigenvalue weighted by Gasteiger charge is -2.44. The second-order valence-electron chi connectivity index (χ2n) is 15.1. The van der Waals surface area contributed by atoms with Gasteiger partial charge in [0.2, 0.25) is 5.91 Å². The molecule has 0 saturated carbocycles. The fraction of sp³-hybridized carbons (Fsp3) is 0.625. The highest BCUT2D eigenvalue weighted by Crippen LogP contribution is 2.30. The van der Waals surface area contributed by atoms with Crippen molar-refractivity contribution in [1.82, 2.24) is 19.6 Å². The van der Waals surface area contributed by atoms with Gasteiger partial charge in [-0.05, 0) is 100.0 Å². The van der Waals surface area contributed by atoms with Crippen LogP contribution >= 0.6 is 0 Å². The number of rotatable bonds is 6. The van der Waals surface area contributed by atoms with E-state index >= 15 is 0 Å². The average molecular weight is 705 g/mol. The fourth-order valence-electron chi connectivity index (χ4n) is 8.27. The van der Waals surface area contributed by atoms with E-state index in [1.54, 1.807) is 4.90 Å². The van der Waals surface area contributed by atoms with Crippen LogP contribution in [-0.4, -0.2) is 113 Å². The van der Waals surface area contributed by atoms with Crippen molar-refractivity contribution >= 4 is 29.4 Å². The van der Waals surface area contributed by atoms with Gasteiger partial charge in [-0.2, -0.15) is 0 Å². The molecule has 4 heterocycles. The Labute approximate surface area is 304 Å². The summed E-state index contributed by atoms with van der Waals surface area (Å²) < 4.78 is 4.75. The first-order chi connectivity index (χ1) is 24.4. The molecule has 2 aromatic rings. The number of nitrogens with zero attached hydrogens (tertiary/aromatic N) is 4. The third-order valence-corrected chi connectivity index (χ3v) is 11.8. The van der Waals surface area contributed by atoms with Gasteiger partial charge in [-0.1, -0.05) is 44.2 Å². The van der Waals surface area contributed by atoms with Crippen LogP contribution < -0.4 is 11.1 Å². The third kappa shape index (κ3) is 9.54. The van der Waals surface area contributed by atoms with E-state index in [0.717, 1.165) is 106 Å². The number of aryl methyl sites for hydroxylation is 2. The summed E-state index contributed by atoms with van der Waals surface area (Å²) in [4.78, 5) is 45.2. The SMILES string of the molecule is CCC1(O)CCN(C2CCN(C(=O)[C@H](C)Cc3cc(C)c(N)c(C)c3)CC2)CC1.COC(=O)N1CCC(N2CCc3ccccc3NC2=O)CC1. The molecule has 4 N–H and O–H groups in total. The van der Waals surface area contributed by atoms with Crippen molar-refractivity contribution in [1.29, 1.82) is 0 Å². The predicted octanol–water partition coefficient (Wildman–Crippen LogP) is 5.60. The molecule has 0 radical (unpaired) electrons. The number of carbonyl (C=O) groups excluding carboxylic acids is 3. The Morgan fingerprint density at radius 1 is 0.941 bits per heavy atom. The number of methoxy groups -OCH3 is 1. The minimum absolute atomic E-state index is 0.0106. The Kier molecular flexibility index (Phi) is 12.9. The van der Waals surface area contributed by atoms with E-state index in [9.17, 15) is 19.5 Å². The van der Waals surface area contributed by atoms with Gasteiger partial charge in [0, 0.05) is 75.2 Å². The van der Waals surface area contributed by atoms with E-state index in [1.165, 1.54) is 18.2 Å². The molecule has 0 aromatic heterocycles. The largest absolute Gasteiger partial charge is 0.453 e. The van der Waals surface area contributed by atoms with Gasteiger partial charge in [-0.3, -0.25) is 4.79 Å². The van der Waals surface area contributed by atoms with Crippen molar-refractivity contribution in [2.24, 2.45) is 5.92 Å². The van der Waals surface area contributed by atoms with Crippen LogP contribution in [-0.2, 0) is 22.4 Å². The second-order valence-corrected chi connectivity index (χ2v) is 15.1. The lowest BCUT2D eigenvalue weighted by Crippen LogP contribution is -2.52. The number of urea groups is 1. The number of nitrogen functional groups attached to an aromatic ring is 1. The molecule has 0 spiro atoms. The molecular weight excluding hydrogens is 644 g/mol. The number of piperidine rings is 3. The standard InChI is InChI=1S/C24H39N3O2.C16H21N3O3/c1-5-24(29)8-12-26(13-9-24)21-6-10-27(11-7-21)23(28)19(4)16-20-14-17(2)22(25)18(3)15-20;1-22-16(21)18-9-7-13(8-10-18)19-11-6-12-4-2-3-5-14(12)17-15(19)20/h14-15,19,21,29H,5-13,16,25H2,1-4H3;2-5,13H,6-11H2,1H3,(H,17,20)/t19-;/m1./s1. The molecule has 0 unspecified atom stereocenters. The number of hydrogen-bond donors (Lipinski definition) is 3. The van der Waals surface area contributed by atoms with Gasteiger partial charge in [-0.25, -0.2) is 9.59 Å². The number of likely N-dealkylation sites (tertiary alicyclic amines) is 3. The van der Waals surface area contributed by atoms with Crippen molar-refractivity contribution in [3.63, 3.8) is 0 Å². The van der Waals surface area contributed by atoms with Crippen molar-refractivity contribution in [2.75, 3.05) is 64.0 Å². The number of para-hydroxylation sites is 1. The summed E-state index contributed by atoms with van der Waals surface area (Å²) in [6.45, 7) is 13.8. The quantitative estimate of drug-likeness (QED) is 0.334. The predicted molar refractivity (Wildman–Crippen MR) is 202 cm³/mol. The van der Waals surface area contributed by atoms with Gasteiger partial charge < -0.3 is 40.5 Å². The first-order valence-electron chi connectivity index (χ1n) is 19.0. The first-order valence-corrected chi connectivity index (χ1v) is 19.0.